The third-order valence-corrected chi connectivity index (χ3v) is 10.9. The van der Waals surface area contributed by atoms with Gasteiger partial charge in [-0.25, -0.2) is 0 Å². The summed E-state index contributed by atoms with van der Waals surface area (Å²) < 4.78 is 17.1. The van der Waals surface area contributed by atoms with Gasteiger partial charge in [-0.1, -0.05) is 84.9 Å². The molecule has 0 bridgehead atoms. The third kappa shape index (κ3) is 3.81. The Hall–Kier alpha value is -7.04. The molecule has 12 rings (SSSR count). The molecule has 0 saturated carbocycles. The van der Waals surface area contributed by atoms with Crippen LogP contribution in [0.4, 0.5) is 0 Å². The summed E-state index contributed by atoms with van der Waals surface area (Å²) in [6.45, 7) is 0. The van der Waals surface area contributed by atoms with Crippen LogP contribution in [0.1, 0.15) is 0 Å². The molecule has 242 valence electrons. The van der Waals surface area contributed by atoms with Crippen molar-refractivity contribution in [1.82, 2.24) is 9.13 Å². The van der Waals surface area contributed by atoms with Gasteiger partial charge in [-0.3, -0.25) is 0 Å². The molecule has 0 aliphatic carbocycles. The van der Waals surface area contributed by atoms with Gasteiger partial charge in [-0.05, 0) is 96.1 Å². The highest BCUT2D eigenvalue weighted by atomic mass is 16.3. The van der Waals surface area contributed by atoms with Gasteiger partial charge in [0.2, 0.25) is 0 Å². The molecule has 0 unspecified atom stereocenters. The molecular formula is C48H28N2O2. The summed E-state index contributed by atoms with van der Waals surface area (Å²) in [6.07, 6.45) is 0. The Bertz CT molecular complexity index is 3420. The molecule has 0 amide bonds. The highest BCUT2D eigenvalue weighted by Gasteiger charge is 2.18. The van der Waals surface area contributed by atoms with Gasteiger partial charge in [-0.15, -0.1) is 0 Å². The fourth-order valence-electron chi connectivity index (χ4n) is 8.57. The largest absolute Gasteiger partial charge is 0.456 e. The van der Waals surface area contributed by atoms with E-state index in [0.29, 0.717) is 0 Å². The zero-order valence-corrected chi connectivity index (χ0v) is 27.9. The molecule has 0 N–H and O–H groups in total. The second-order valence-corrected chi connectivity index (χ2v) is 13.7. The second kappa shape index (κ2) is 10.3. The van der Waals surface area contributed by atoms with E-state index in [1.54, 1.807) is 0 Å². The number of benzene rings is 8. The lowest BCUT2D eigenvalue weighted by atomic mass is 10.0. The zero-order chi connectivity index (χ0) is 33.9. The van der Waals surface area contributed by atoms with Gasteiger partial charge in [-0.2, -0.15) is 0 Å². The van der Waals surface area contributed by atoms with Crippen molar-refractivity contribution in [1.29, 1.82) is 0 Å². The minimum Gasteiger partial charge on any atom is -0.456 e. The van der Waals surface area contributed by atoms with Gasteiger partial charge in [0.25, 0.3) is 0 Å². The van der Waals surface area contributed by atoms with E-state index in [0.717, 1.165) is 55.3 Å². The van der Waals surface area contributed by atoms with Crippen LogP contribution in [0.3, 0.4) is 0 Å². The Balaban J connectivity index is 1.05. The lowest BCUT2D eigenvalue weighted by Gasteiger charge is -2.11. The molecular weight excluding hydrogens is 637 g/mol. The van der Waals surface area contributed by atoms with Crippen molar-refractivity contribution in [3.05, 3.63) is 170 Å². The third-order valence-electron chi connectivity index (χ3n) is 10.9. The SMILES string of the molecule is c1ccc2c(c1)oc1ccc(-c3ccc4c(c3)c3ccccc3n4-c3ccc4c(c3)c3ccccc3n4-c3ccc4oc5ccccc5c4c3)cc12. The molecule has 4 nitrogen and oxygen atoms in total. The van der Waals surface area contributed by atoms with Crippen LogP contribution in [0.15, 0.2) is 179 Å². The van der Waals surface area contributed by atoms with Crippen LogP contribution < -0.4 is 0 Å². The molecule has 0 radical (unpaired) electrons. The van der Waals surface area contributed by atoms with Crippen molar-refractivity contribution in [3.63, 3.8) is 0 Å². The Morgan fingerprint density at radius 2 is 0.654 bits per heavy atom. The number of furan rings is 2. The zero-order valence-electron chi connectivity index (χ0n) is 27.9. The molecule has 4 heterocycles. The smallest absolute Gasteiger partial charge is 0.135 e. The molecule has 52 heavy (non-hydrogen) atoms. The summed E-state index contributed by atoms with van der Waals surface area (Å²) in [4.78, 5) is 0. The summed E-state index contributed by atoms with van der Waals surface area (Å²) >= 11 is 0. The molecule has 0 aliphatic rings. The molecule has 0 atom stereocenters. The average molecular weight is 665 g/mol. The highest BCUT2D eigenvalue weighted by molar-refractivity contribution is 6.14. The van der Waals surface area contributed by atoms with Gasteiger partial charge in [0, 0.05) is 54.5 Å². The van der Waals surface area contributed by atoms with Crippen LogP contribution in [0.5, 0.6) is 0 Å². The Morgan fingerprint density at radius 3 is 1.29 bits per heavy atom. The van der Waals surface area contributed by atoms with Gasteiger partial charge < -0.3 is 18.0 Å². The number of nitrogens with zero attached hydrogens (tertiary/aromatic N) is 2. The van der Waals surface area contributed by atoms with Gasteiger partial charge >= 0.3 is 0 Å². The van der Waals surface area contributed by atoms with E-state index in [-0.39, 0.29) is 0 Å². The molecule has 8 aromatic carbocycles. The number of hydrogen-bond acceptors (Lipinski definition) is 2. The van der Waals surface area contributed by atoms with Crippen LogP contribution in [0.25, 0.3) is 110 Å². The van der Waals surface area contributed by atoms with E-state index < -0.39 is 0 Å². The lowest BCUT2D eigenvalue weighted by molar-refractivity contribution is 0.668. The number of rotatable bonds is 3. The van der Waals surface area contributed by atoms with Crippen LogP contribution in [0.2, 0.25) is 0 Å². The first-order valence-corrected chi connectivity index (χ1v) is 17.7. The predicted molar refractivity (Wildman–Crippen MR) is 215 cm³/mol. The van der Waals surface area contributed by atoms with Crippen molar-refractivity contribution < 1.29 is 8.83 Å². The topological polar surface area (TPSA) is 36.1 Å². The van der Waals surface area contributed by atoms with E-state index in [1.165, 1.54) is 54.7 Å². The van der Waals surface area contributed by atoms with E-state index in [9.17, 15) is 0 Å². The monoisotopic (exact) mass is 664 g/mol. The fraction of sp³-hybridized carbons (Fsp3) is 0. The van der Waals surface area contributed by atoms with Gasteiger partial charge in [0.05, 0.1) is 22.1 Å². The lowest BCUT2D eigenvalue weighted by Crippen LogP contribution is -1.95. The van der Waals surface area contributed by atoms with Crippen molar-refractivity contribution >= 4 is 87.5 Å². The van der Waals surface area contributed by atoms with Crippen molar-refractivity contribution in [3.8, 4) is 22.5 Å². The standard InChI is InChI=1S/C48H28N2O2/c1-5-13-41-33(9-1)37-25-29(30-18-23-47-39(26-30)35-11-3-7-15-45(35)51-47)17-21-43(37)49(41)31-19-22-44-38(27-31)34-10-2-6-14-42(34)50(44)32-20-24-48-40(28-32)36-12-4-8-16-46(36)52-48/h1-28H. The van der Waals surface area contributed by atoms with Crippen molar-refractivity contribution in [2.75, 3.05) is 0 Å². The summed E-state index contributed by atoms with van der Waals surface area (Å²) in [5.74, 6) is 0. The molecule has 0 spiro atoms. The summed E-state index contributed by atoms with van der Waals surface area (Å²) in [5, 5.41) is 9.44. The molecule has 4 aromatic heterocycles. The number of para-hydroxylation sites is 4. The molecule has 0 saturated heterocycles. The average Bonchev–Trinajstić information content (AvgIpc) is 3.94. The van der Waals surface area contributed by atoms with Crippen LogP contribution >= 0.6 is 0 Å². The summed E-state index contributed by atoms with van der Waals surface area (Å²) in [5.41, 5.74) is 13.0. The van der Waals surface area contributed by atoms with Crippen molar-refractivity contribution in [2.24, 2.45) is 0 Å². The highest BCUT2D eigenvalue weighted by Crippen LogP contribution is 2.40. The first kappa shape index (κ1) is 27.7. The maximum Gasteiger partial charge on any atom is 0.135 e. The first-order valence-electron chi connectivity index (χ1n) is 17.7. The van der Waals surface area contributed by atoms with E-state index in [2.05, 4.69) is 155 Å². The minimum absolute atomic E-state index is 0.901. The Morgan fingerprint density at radius 1 is 0.269 bits per heavy atom. The Kier molecular flexibility index (Phi) is 5.47. The normalized spacial score (nSPS) is 12.2. The summed E-state index contributed by atoms with van der Waals surface area (Å²) in [7, 11) is 0. The minimum atomic E-state index is 0.901. The quantitative estimate of drug-likeness (QED) is 0.188. The van der Waals surface area contributed by atoms with Crippen LogP contribution in [0, 0.1) is 0 Å². The number of aromatic nitrogens is 2. The number of fused-ring (bicyclic) bond motifs is 12. The Labute approximate surface area is 296 Å². The number of hydrogen-bond donors (Lipinski definition) is 0. The van der Waals surface area contributed by atoms with Gasteiger partial charge in [0.1, 0.15) is 22.3 Å². The van der Waals surface area contributed by atoms with Crippen LogP contribution in [-0.2, 0) is 0 Å². The summed E-state index contributed by atoms with van der Waals surface area (Å²) in [6, 6.07) is 60.8. The first-order chi connectivity index (χ1) is 25.8. The van der Waals surface area contributed by atoms with E-state index in [1.807, 2.05) is 24.3 Å². The molecule has 4 heteroatoms. The fourth-order valence-corrected chi connectivity index (χ4v) is 8.57. The second-order valence-electron chi connectivity index (χ2n) is 13.7. The predicted octanol–water partition coefficient (Wildman–Crippen LogP) is 13.3. The van der Waals surface area contributed by atoms with Crippen LogP contribution in [-0.4, -0.2) is 9.13 Å². The van der Waals surface area contributed by atoms with Crippen molar-refractivity contribution in [2.45, 2.75) is 0 Å². The molecule has 12 aromatic rings. The molecule has 0 aliphatic heterocycles. The maximum atomic E-state index is 6.17. The van der Waals surface area contributed by atoms with E-state index in [4.69, 9.17) is 8.83 Å². The maximum absolute atomic E-state index is 6.17. The van der Waals surface area contributed by atoms with E-state index >= 15 is 0 Å². The molecule has 0 fully saturated rings. The van der Waals surface area contributed by atoms with Gasteiger partial charge in [0.15, 0.2) is 0 Å².